The second kappa shape index (κ2) is 38.8. The van der Waals surface area contributed by atoms with Gasteiger partial charge < -0.3 is 0 Å². The molecule has 0 spiro atoms. The molecule has 0 radical (unpaired) electrons. The van der Waals surface area contributed by atoms with Gasteiger partial charge in [-0.3, -0.25) is 0 Å². The van der Waals surface area contributed by atoms with E-state index in [1.54, 1.807) is 0 Å². The van der Waals surface area contributed by atoms with E-state index in [9.17, 15) is 0 Å². The number of fused-ring (bicyclic) bond motifs is 8. The maximum atomic E-state index is 17.7. The van der Waals surface area contributed by atoms with Gasteiger partial charge in [0.1, 0.15) is 32.3 Å². The molecule has 12 aliphatic carbocycles. The molecule has 0 atom stereocenters. The monoisotopic (exact) mass is 2080 g/mol. The molecule has 766 valence electrons. The van der Waals surface area contributed by atoms with Gasteiger partial charge in [-0.15, -0.1) is 22.2 Å². The van der Waals surface area contributed by atoms with Crippen LogP contribution in [-0.4, -0.2) is 32.3 Å². The quantitative estimate of drug-likeness (QED) is 0.0254. The van der Waals surface area contributed by atoms with Crippen LogP contribution in [0.5, 0.6) is 0 Å². The second-order valence-corrected chi connectivity index (χ2v) is 64.9. The summed E-state index contributed by atoms with van der Waals surface area (Å²) in [5.41, 5.74) is 8.97. The zero-order valence-electron chi connectivity index (χ0n) is 82.5. The van der Waals surface area contributed by atoms with Crippen molar-refractivity contribution in [3.63, 3.8) is 0 Å². The first-order valence-corrected chi connectivity index (χ1v) is 64.1. The first-order valence-electron chi connectivity index (χ1n) is 55.1. The fourth-order valence-corrected chi connectivity index (χ4v) is 61.6. The fourth-order valence-electron chi connectivity index (χ4n) is 33.4. The standard InChI is InChI=1S/C122H122F20Si4/c123-111-105-67-97-89(49-53-143(77-25-1-2-26-77,78-27-3-4-28-78)79-29-5-6-30-79)93-63-101-102(64-94(93)90(98(97)68-106(105)112(124)116(128)115(111)127)50-54-144(80-31-7-8-32-80,81-33-9-10-34-81)82-35-11-12-36-82)110(72-59-75(121(137,138)139)62-76(60-72)122(140,141)142)104-66-96-92(52-56-146(86-43-19-20-44-86,87-45-21-22-46-87)88-47-23-24-48-88)100-70-108-107(113(125)117(129)118(130)114(108)126)69-99(100)91(51-55-145(83-37-13-14-38-83,84-39-15-16-40-84)85-41-17-18-42-85)95(96)65-103(104)109(101)71-57-73(119(131,132)133)61-74(58-71)120(134,135)136/h57-70,77-88H,1-48H2. The molecule has 11 aromatic carbocycles. The van der Waals surface area contributed by atoms with Gasteiger partial charge in [-0.2, -0.15) is 52.7 Å². The molecule has 0 aliphatic heterocycles. The van der Waals surface area contributed by atoms with Gasteiger partial charge >= 0.3 is 24.7 Å². The van der Waals surface area contributed by atoms with E-state index in [2.05, 4.69) is 45.9 Å². The van der Waals surface area contributed by atoms with Crippen LogP contribution in [-0.2, 0) is 24.7 Å². The number of alkyl halides is 12. The highest BCUT2D eigenvalue weighted by Gasteiger charge is 2.59. The Balaban J connectivity index is 0.991. The minimum absolute atomic E-state index is 0.0333. The van der Waals surface area contributed by atoms with Crippen molar-refractivity contribution in [1.29, 1.82) is 0 Å². The van der Waals surface area contributed by atoms with E-state index in [0.717, 1.165) is 308 Å². The lowest BCUT2D eigenvalue weighted by Gasteiger charge is -2.43. The van der Waals surface area contributed by atoms with Crippen molar-refractivity contribution in [3.8, 4) is 68.1 Å². The second-order valence-electron chi connectivity index (χ2n) is 46.6. The third-order valence-electron chi connectivity index (χ3n) is 39.7. The molecule has 12 aliphatic rings. The van der Waals surface area contributed by atoms with Gasteiger partial charge in [-0.25, -0.2) is 35.1 Å². The molecule has 0 amide bonds. The molecule has 0 aromatic heterocycles. The average molecular weight is 2080 g/mol. The minimum atomic E-state index is -5.60. The normalized spacial score (nSPS) is 20.8. The van der Waals surface area contributed by atoms with Crippen molar-refractivity contribution in [2.75, 3.05) is 0 Å². The molecule has 24 heteroatoms. The van der Waals surface area contributed by atoms with Crippen LogP contribution in [0, 0.1) is 92.4 Å². The van der Waals surface area contributed by atoms with Crippen LogP contribution in [0.3, 0.4) is 0 Å². The van der Waals surface area contributed by atoms with Crippen molar-refractivity contribution in [2.24, 2.45) is 0 Å². The minimum Gasteiger partial charge on any atom is -0.203 e. The summed E-state index contributed by atoms with van der Waals surface area (Å²) in [5.74, 6) is -0.205. The number of halogens is 20. The smallest absolute Gasteiger partial charge is 0.203 e. The molecule has 12 fully saturated rings. The highest BCUT2D eigenvalue weighted by molar-refractivity contribution is 6.93. The molecule has 0 heterocycles. The summed E-state index contributed by atoms with van der Waals surface area (Å²) in [6.45, 7) is 0. The van der Waals surface area contributed by atoms with E-state index in [4.69, 9.17) is 0 Å². The molecule has 146 heavy (non-hydrogen) atoms. The predicted octanol–water partition coefficient (Wildman–Crippen LogP) is 40.1. The third kappa shape index (κ3) is 16.9. The van der Waals surface area contributed by atoms with Crippen molar-refractivity contribution >= 4 is 118 Å². The van der Waals surface area contributed by atoms with Crippen LogP contribution >= 0.6 is 0 Å². The Morgan fingerprint density at radius 2 is 0.295 bits per heavy atom. The Morgan fingerprint density at radius 3 is 0.425 bits per heavy atom. The van der Waals surface area contributed by atoms with Crippen LogP contribution in [0.2, 0.25) is 66.5 Å². The summed E-state index contributed by atoms with van der Waals surface area (Å²) in [5, 5.41) is -3.86. The third-order valence-corrected chi connectivity index (χ3v) is 65.1. The molecule has 11 aromatic rings. The maximum Gasteiger partial charge on any atom is 0.416 e. The largest absolute Gasteiger partial charge is 0.416 e. The van der Waals surface area contributed by atoms with Crippen LogP contribution in [0.4, 0.5) is 87.8 Å². The summed E-state index contributed by atoms with van der Waals surface area (Å²) in [7, 11) is -12.5. The van der Waals surface area contributed by atoms with Crippen molar-refractivity contribution in [3.05, 3.63) is 176 Å². The van der Waals surface area contributed by atoms with Crippen molar-refractivity contribution in [1.82, 2.24) is 0 Å². The molecule has 0 bridgehead atoms. The van der Waals surface area contributed by atoms with Crippen LogP contribution in [0.15, 0.2) is 84.9 Å². The summed E-state index contributed by atoms with van der Waals surface area (Å²) in [6.07, 6.45) is 20.1. The van der Waals surface area contributed by atoms with E-state index in [-0.39, 0.29) is 166 Å². The van der Waals surface area contributed by atoms with E-state index in [1.807, 2.05) is 0 Å². The SMILES string of the molecule is Fc1c(F)c(F)c2cc3c(C#C[Si](C4CCCC4)(C4CCCC4)C4CCCC4)c4cc5c(-c6cc(C(F)(F)F)cc(C(F)(F)F)c6)c6cc7c(C#C[Si](C8CCCC8)(C8CCCC8)C8CCCC8)c8cc9c(F)c(F)c(F)c(F)c9cc8c(C#C[Si](C8CCCC8)(C8CCCC8)C8CCCC8)c7cc6c(-c6cc(C(F)(F)F)cc(C(F)(F)F)c6)c5cc4c(C#C[Si](C4CCCC4)(C4CCCC4)C4CCCC4)c3cc2c1F. The summed E-state index contributed by atoms with van der Waals surface area (Å²) in [4.78, 5) is 0. The number of rotatable bonds is 14. The Hall–Kier alpha value is -8.79. The molecule has 0 saturated heterocycles. The Kier molecular flexibility index (Phi) is 26.7. The van der Waals surface area contributed by atoms with E-state index in [0.29, 0.717) is 24.3 Å². The summed E-state index contributed by atoms with van der Waals surface area (Å²) >= 11 is 0. The summed E-state index contributed by atoms with van der Waals surface area (Å²) in [6, 6.07) is 12.9. The van der Waals surface area contributed by atoms with Crippen molar-refractivity contribution < 1.29 is 87.8 Å². The topological polar surface area (TPSA) is 0 Å². The van der Waals surface area contributed by atoms with Crippen LogP contribution in [0.1, 0.15) is 353 Å². The molecule has 0 N–H and O–H groups in total. The predicted molar refractivity (Wildman–Crippen MR) is 554 cm³/mol. The summed E-state index contributed by atoms with van der Waals surface area (Å²) < 4.78 is 338. The van der Waals surface area contributed by atoms with E-state index in [1.165, 1.54) is 48.5 Å². The van der Waals surface area contributed by atoms with Gasteiger partial charge in [0, 0.05) is 43.8 Å². The van der Waals surface area contributed by atoms with Crippen molar-refractivity contribution in [2.45, 2.75) is 399 Å². The van der Waals surface area contributed by atoms with E-state index >= 15 is 87.8 Å². The zero-order chi connectivity index (χ0) is 101. The Morgan fingerprint density at radius 1 is 0.164 bits per heavy atom. The molecule has 0 nitrogen and oxygen atoms in total. The number of hydrogen-bond acceptors (Lipinski definition) is 0. The van der Waals surface area contributed by atoms with Gasteiger partial charge in [0.25, 0.3) is 0 Å². The first-order chi connectivity index (χ1) is 70.2. The molecular formula is C122H122F20Si4. The first kappa shape index (κ1) is 100. The fraction of sp³-hybridized carbons (Fsp3) is 0.525. The Labute approximate surface area is 844 Å². The molecule has 0 unspecified atom stereocenters. The van der Waals surface area contributed by atoms with Crippen LogP contribution in [0.25, 0.3) is 108 Å². The number of hydrogen-bond donors (Lipinski definition) is 0. The van der Waals surface area contributed by atoms with Gasteiger partial charge in [0.15, 0.2) is 46.5 Å². The van der Waals surface area contributed by atoms with Gasteiger partial charge in [-0.05, 0) is 238 Å². The highest BCUT2D eigenvalue weighted by atomic mass is 28.3. The lowest BCUT2D eigenvalue weighted by Crippen LogP contribution is -2.46. The zero-order valence-corrected chi connectivity index (χ0v) is 86.5. The van der Waals surface area contributed by atoms with Gasteiger partial charge in [-0.1, -0.05) is 332 Å². The Bertz CT molecular complexity index is 6310. The lowest BCUT2D eigenvalue weighted by atomic mass is 9.80. The maximum absolute atomic E-state index is 17.7. The van der Waals surface area contributed by atoms with Gasteiger partial charge in [0.2, 0.25) is 0 Å². The average Bonchev–Trinajstić information content (AvgIpc) is 1.19. The lowest BCUT2D eigenvalue weighted by molar-refractivity contribution is -0.144. The molecule has 23 rings (SSSR count). The van der Waals surface area contributed by atoms with Gasteiger partial charge in [0.05, 0.1) is 22.3 Å². The number of benzene rings is 11. The highest BCUT2D eigenvalue weighted by Crippen LogP contribution is 2.66. The molecule has 12 saturated carbocycles. The van der Waals surface area contributed by atoms with Crippen LogP contribution < -0.4 is 0 Å². The van der Waals surface area contributed by atoms with E-state index < -0.39 is 170 Å². The molecular weight excluding hydrogens is 1960 g/mol.